The molecule has 0 aromatic heterocycles. The van der Waals surface area contributed by atoms with Gasteiger partial charge in [0.25, 0.3) is 0 Å². The molecule has 23 heavy (non-hydrogen) atoms. The van der Waals surface area contributed by atoms with Gasteiger partial charge in [0.05, 0.1) is 6.04 Å². The number of ketones is 1. The summed E-state index contributed by atoms with van der Waals surface area (Å²) in [7, 11) is 0. The van der Waals surface area contributed by atoms with E-state index in [1.165, 1.54) is 0 Å². The van der Waals surface area contributed by atoms with Crippen LogP contribution in [0.5, 0.6) is 0 Å². The van der Waals surface area contributed by atoms with E-state index in [0.29, 0.717) is 19.4 Å². The predicted octanol–water partition coefficient (Wildman–Crippen LogP) is 3.88. The average molecular weight is 313 g/mol. The molecule has 0 N–H and O–H groups in total. The lowest BCUT2D eigenvalue weighted by atomic mass is 10.1. The largest absolute Gasteiger partial charge is 0.445 e. The van der Waals surface area contributed by atoms with E-state index in [2.05, 4.69) is 6.58 Å². The molecule has 1 amide bonds. The number of carbonyl (C=O) groups is 2. The standard InChI is InChI=1S/C19H23NO3/c1-2-8-18(21)13-6-11-17-12-7-14-20(17)19(22)23-15-16-9-4-3-5-10-16/h2-5,7,9-10,12,17H,1,6,8,11,13-15H2/t17-/m1/s1. The van der Waals surface area contributed by atoms with Gasteiger partial charge >= 0.3 is 6.09 Å². The quantitative estimate of drug-likeness (QED) is 0.684. The Morgan fingerprint density at radius 2 is 2.09 bits per heavy atom. The topological polar surface area (TPSA) is 46.6 Å². The first-order valence-corrected chi connectivity index (χ1v) is 7.97. The molecule has 4 heteroatoms. The van der Waals surface area contributed by atoms with Crippen LogP contribution >= 0.6 is 0 Å². The Morgan fingerprint density at radius 3 is 2.83 bits per heavy atom. The third-order valence-corrected chi connectivity index (χ3v) is 3.83. The number of allylic oxidation sites excluding steroid dienone is 1. The highest BCUT2D eigenvalue weighted by Gasteiger charge is 2.25. The summed E-state index contributed by atoms with van der Waals surface area (Å²) in [5.41, 5.74) is 0.972. The Morgan fingerprint density at radius 1 is 1.30 bits per heavy atom. The number of nitrogens with zero attached hydrogens (tertiary/aromatic N) is 1. The fraction of sp³-hybridized carbons (Fsp3) is 0.368. The van der Waals surface area contributed by atoms with Gasteiger partial charge in [-0.15, -0.1) is 6.58 Å². The van der Waals surface area contributed by atoms with E-state index in [4.69, 9.17) is 4.74 Å². The normalized spacial score (nSPS) is 16.3. The van der Waals surface area contributed by atoms with Gasteiger partial charge in [0.1, 0.15) is 12.4 Å². The van der Waals surface area contributed by atoms with Crippen molar-refractivity contribution < 1.29 is 14.3 Å². The number of amides is 1. The minimum absolute atomic E-state index is 0.0230. The molecule has 1 heterocycles. The maximum Gasteiger partial charge on any atom is 0.410 e. The lowest BCUT2D eigenvalue weighted by Crippen LogP contribution is -2.36. The number of benzene rings is 1. The number of rotatable bonds is 8. The minimum atomic E-state index is -0.304. The molecule has 1 atom stereocenters. The second-order valence-corrected chi connectivity index (χ2v) is 5.61. The molecule has 4 nitrogen and oxygen atoms in total. The van der Waals surface area contributed by atoms with Gasteiger partial charge in [-0.25, -0.2) is 4.79 Å². The number of carbonyl (C=O) groups excluding carboxylic acids is 2. The van der Waals surface area contributed by atoms with Gasteiger partial charge in [0, 0.05) is 19.4 Å². The molecule has 0 saturated heterocycles. The van der Waals surface area contributed by atoms with Crippen molar-refractivity contribution in [3.63, 3.8) is 0 Å². The van der Waals surface area contributed by atoms with Gasteiger partial charge in [0.15, 0.2) is 0 Å². The number of ether oxygens (including phenoxy) is 1. The van der Waals surface area contributed by atoms with Crippen molar-refractivity contribution in [2.24, 2.45) is 0 Å². The van der Waals surface area contributed by atoms with Crippen LogP contribution in [-0.4, -0.2) is 29.4 Å². The highest BCUT2D eigenvalue weighted by molar-refractivity contribution is 5.79. The molecule has 1 aliphatic rings. The summed E-state index contributed by atoms with van der Waals surface area (Å²) < 4.78 is 5.38. The maximum atomic E-state index is 12.2. The van der Waals surface area contributed by atoms with E-state index in [1.807, 2.05) is 42.5 Å². The predicted molar refractivity (Wildman–Crippen MR) is 89.9 cm³/mol. The van der Waals surface area contributed by atoms with Crippen LogP contribution in [0.15, 0.2) is 55.1 Å². The van der Waals surface area contributed by atoms with Crippen molar-refractivity contribution in [2.75, 3.05) is 6.54 Å². The van der Waals surface area contributed by atoms with Gasteiger partial charge in [0.2, 0.25) is 0 Å². The Hall–Kier alpha value is -2.36. The van der Waals surface area contributed by atoms with Crippen LogP contribution in [-0.2, 0) is 16.1 Å². The first kappa shape index (κ1) is 17.0. The molecule has 0 fully saturated rings. The zero-order valence-corrected chi connectivity index (χ0v) is 13.3. The van der Waals surface area contributed by atoms with Crippen molar-refractivity contribution in [1.29, 1.82) is 0 Å². The first-order valence-electron chi connectivity index (χ1n) is 7.97. The van der Waals surface area contributed by atoms with E-state index in [0.717, 1.165) is 18.4 Å². The zero-order chi connectivity index (χ0) is 16.5. The van der Waals surface area contributed by atoms with Gasteiger partial charge in [-0.3, -0.25) is 9.69 Å². The van der Waals surface area contributed by atoms with Gasteiger partial charge in [-0.2, -0.15) is 0 Å². The highest BCUT2D eigenvalue weighted by atomic mass is 16.6. The molecule has 1 aliphatic heterocycles. The molecule has 0 bridgehead atoms. The zero-order valence-electron chi connectivity index (χ0n) is 13.3. The number of Topliss-reactive ketones (excluding diaryl/α,β-unsaturated/α-hetero) is 1. The molecule has 0 radical (unpaired) electrons. The second kappa shape index (κ2) is 8.93. The van der Waals surface area contributed by atoms with E-state index < -0.39 is 0 Å². The van der Waals surface area contributed by atoms with Crippen LogP contribution in [0.25, 0.3) is 0 Å². The third kappa shape index (κ3) is 5.40. The van der Waals surface area contributed by atoms with Crippen LogP contribution in [0, 0.1) is 0 Å². The SMILES string of the molecule is C=CCC(=O)CCC[C@@H]1C=CCN1C(=O)OCc1ccccc1. The van der Waals surface area contributed by atoms with Crippen LogP contribution < -0.4 is 0 Å². The van der Waals surface area contributed by atoms with Gasteiger partial charge in [-0.1, -0.05) is 48.6 Å². The van der Waals surface area contributed by atoms with E-state index >= 15 is 0 Å². The monoisotopic (exact) mass is 313 g/mol. The Labute approximate surface area is 137 Å². The fourth-order valence-electron chi connectivity index (χ4n) is 2.61. The van der Waals surface area contributed by atoms with Gasteiger partial charge in [-0.05, 0) is 18.4 Å². The molecule has 0 saturated carbocycles. The molecule has 1 aromatic rings. The lowest BCUT2D eigenvalue weighted by molar-refractivity contribution is -0.118. The summed E-state index contributed by atoms with van der Waals surface area (Å²) in [5, 5.41) is 0. The van der Waals surface area contributed by atoms with Crippen molar-refractivity contribution in [2.45, 2.75) is 38.3 Å². The third-order valence-electron chi connectivity index (χ3n) is 3.83. The molecular formula is C19H23NO3. The molecule has 2 rings (SSSR count). The molecule has 122 valence electrons. The Balaban J connectivity index is 1.76. The summed E-state index contributed by atoms with van der Waals surface area (Å²) >= 11 is 0. The maximum absolute atomic E-state index is 12.2. The fourth-order valence-corrected chi connectivity index (χ4v) is 2.61. The van der Waals surface area contributed by atoms with Crippen molar-refractivity contribution in [3.8, 4) is 0 Å². The lowest BCUT2D eigenvalue weighted by Gasteiger charge is -2.23. The Bertz CT molecular complexity index is 565. The van der Waals surface area contributed by atoms with Crippen LogP contribution in [0.3, 0.4) is 0 Å². The molecule has 0 aliphatic carbocycles. The van der Waals surface area contributed by atoms with Crippen molar-refractivity contribution >= 4 is 11.9 Å². The van der Waals surface area contributed by atoms with Crippen LogP contribution in [0.2, 0.25) is 0 Å². The number of hydrogen-bond donors (Lipinski definition) is 0. The number of hydrogen-bond acceptors (Lipinski definition) is 3. The Kier molecular flexibility index (Phi) is 6.60. The van der Waals surface area contributed by atoms with E-state index in [1.54, 1.807) is 11.0 Å². The summed E-state index contributed by atoms with van der Waals surface area (Å²) in [4.78, 5) is 25.4. The molecule has 0 unspecified atom stereocenters. The minimum Gasteiger partial charge on any atom is -0.445 e. The summed E-state index contributed by atoms with van der Waals surface area (Å²) in [5.74, 6) is 0.195. The summed E-state index contributed by atoms with van der Waals surface area (Å²) in [6.45, 7) is 4.41. The van der Waals surface area contributed by atoms with E-state index in [9.17, 15) is 9.59 Å². The molecular weight excluding hydrogens is 290 g/mol. The molecule has 0 spiro atoms. The summed E-state index contributed by atoms with van der Waals surface area (Å²) in [6.07, 6.45) is 7.81. The molecule has 1 aromatic carbocycles. The summed E-state index contributed by atoms with van der Waals surface area (Å²) in [6, 6.07) is 9.65. The van der Waals surface area contributed by atoms with Gasteiger partial charge < -0.3 is 4.74 Å². The highest BCUT2D eigenvalue weighted by Crippen LogP contribution is 2.18. The van der Waals surface area contributed by atoms with E-state index in [-0.39, 0.29) is 24.5 Å². The van der Waals surface area contributed by atoms with Crippen LogP contribution in [0.4, 0.5) is 4.79 Å². The smallest absolute Gasteiger partial charge is 0.410 e. The van der Waals surface area contributed by atoms with Crippen molar-refractivity contribution in [3.05, 3.63) is 60.7 Å². The van der Waals surface area contributed by atoms with Crippen LogP contribution in [0.1, 0.15) is 31.2 Å². The second-order valence-electron chi connectivity index (χ2n) is 5.61. The average Bonchev–Trinajstić information content (AvgIpc) is 3.02. The first-order chi connectivity index (χ1) is 11.2. The van der Waals surface area contributed by atoms with Crippen molar-refractivity contribution in [1.82, 2.24) is 4.90 Å².